The van der Waals surface area contributed by atoms with E-state index < -0.39 is 18.5 Å². The average Bonchev–Trinajstić information content (AvgIpc) is 3.10. The molecular weight excluding hydrogens is 355 g/mol. The molecule has 0 saturated carbocycles. The fraction of sp³-hybridized carbons (Fsp3) is 0.105. The number of hydrogen-bond donors (Lipinski definition) is 1. The number of anilines is 1. The minimum Gasteiger partial charge on any atom is -0.451 e. The highest BCUT2D eigenvalue weighted by atomic mass is 32.1. The van der Waals surface area contributed by atoms with Crippen LogP contribution >= 0.6 is 11.3 Å². The van der Waals surface area contributed by atoms with E-state index in [1.54, 1.807) is 23.6 Å². The number of nitrogens with zero attached hydrogens (tertiary/aromatic N) is 1. The minimum atomic E-state index is -0.686. The lowest BCUT2D eigenvalue weighted by Gasteiger charge is -2.06. The standard InChI is InChI=1S/C19H15FN2O3S/c1-12-3-2-4-15(9-12)21-17(23)10-25-19(24)16-11-26-18(22-16)13-5-7-14(20)8-6-13/h2-9,11H,10H2,1H3,(H,21,23). The lowest BCUT2D eigenvalue weighted by molar-refractivity contribution is -0.119. The molecule has 7 heteroatoms. The molecule has 0 aliphatic rings. The molecule has 5 nitrogen and oxygen atoms in total. The number of thiazole rings is 1. The van der Waals surface area contributed by atoms with Crippen molar-refractivity contribution >= 4 is 28.9 Å². The largest absolute Gasteiger partial charge is 0.451 e. The second kappa shape index (κ2) is 7.88. The van der Waals surface area contributed by atoms with Crippen molar-refractivity contribution in [2.45, 2.75) is 6.92 Å². The third-order valence-corrected chi connectivity index (χ3v) is 4.33. The van der Waals surface area contributed by atoms with Crippen molar-refractivity contribution in [1.29, 1.82) is 0 Å². The van der Waals surface area contributed by atoms with Gasteiger partial charge in [0.15, 0.2) is 12.3 Å². The smallest absolute Gasteiger partial charge is 0.358 e. The van der Waals surface area contributed by atoms with Crippen molar-refractivity contribution in [3.63, 3.8) is 0 Å². The Labute approximate surface area is 153 Å². The summed E-state index contributed by atoms with van der Waals surface area (Å²) in [5.74, 6) is -1.46. The number of halogens is 1. The van der Waals surface area contributed by atoms with E-state index >= 15 is 0 Å². The lowest BCUT2D eigenvalue weighted by Crippen LogP contribution is -2.21. The summed E-state index contributed by atoms with van der Waals surface area (Å²) in [6.07, 6.45) is 0. The van der Waals surface area contributed by atoms with Gasteiger partial charge in [-0.2, -0.15) is 0 Å². The minimum absolute atomic E-state index is 0.109. The molecule has 132 valence electrons. The molecule has 3 rings (SSSR count). The summed E-state index contributed by atoms with van der Waals surface area (Å²) >= 11 is 1.24. The van der Waals surface area contributed by atoms with Crippen molar-refractivity contribution in [2.75, 3.05) is 11.9 Å². The molecule has 0 spiro atoms. The van der Waals surface area contributed by atoms with Crippen LogP contribution < -0.4 is 5.32 Å². The first kappa shape index (κ1) is 17.8. The SMILES string of the molecule is Cc1cccc(NC(=O)COC(=O)c2csc(-c3ccc(F)cc3)n2)c1. The summed E-state index contributed by atoms with van der Waals surface area (Å²) in [6, 6.07) is 13.1. The van der Waals surface area contributed by atoms with Crippen LogP contribution in [-0.2, 0) is 9.53 Å². The molecule has 0 aliphatic heterocycles. The molecule has 1 heterocycles. The third-order valence-electron chi connectivity index (χ3n) is 3.44. The van der Waals surface area contributed by atoms with Crippen LogP contribution in [0.4, 0.5) is 10.1 Å². The first-order valence-corrected chi connectivity index (χ1v) is 8.64. The zero-order valence-corrected chi connectivity index (χ0v) is 14.7. The number of rotatable bonds is 5. The predicted molar refractivity (Wildman–Crippen MR) is 97.6 cm³/mol. The number of hydrogen-bond acceptors (Lipinski definition) is 5. The van der Waals surface area contributed by atoms with Gasteiger partial charge >= 0.3 is 5.97 Å². The Morgan fingerprint density at radius 3 is 2.69 bits per heavy atom. The molecule has 1 N–H and O–H groups in total. The second-order valence-electron chi connectivity index (χ2n) is 5.54. The highest BCUT2D eigenvalue weighted by molar-refractivity contribution is 7.13. The second-order valence-corrected chi connectivity index (χ2v) is 6.40. The van der Waals surface area contributed by atoms with Crippen LogP contribution in [0, 0.1) is 12.7 Å². The molecule has 26 heavy (non-hydrogen) atoms. The molecule has 0 fully saturated rings. The maximum Gasteiger partial charge on any atom is 0.358 e. The van der Waals surface area contributed by atoms with E-state index in [2.05, 4.69) is 10.3 Å². The summed E-state index contributed by atoms with van der Waals surface area (Å²) < 4.78 is 18.0. The van der Waals surface area contributed by atoms with Gasteiger partial charge in [-0.3, -0.25) is 4.79 Å². The van der Waals surface area contributed by atoms with E-state index in [1.807, 2.05) is 25.1 Å². The van der Waals surface area contributed by atoms with Gasteiger partial charge < -0.3 is 10.1 Å². The van der Waals surface area contributed by atoms with Crippen LogP contribution in [0.15, 0.2) is 53.9 Å². The first-order chi connectivity index (χ1) is 12.5. The Balaban J connectivity index is 1.56. The number of nitrogens with one attached hydrogen (secondary N) is 1. The molecule has 0 saturated heterocycles. The van der Waals surface area contributed by atoms with E-state index in [4.69, 9.17) is 4.74 Å². The van der Waals surface area contributed by atoms with Crippen molar-refractivity contribution in [3.8, 4) is 10.6 Å². The number of ether oxygens (including phenoxy) is 1. The maximum absolute atomic E-state index is 13.0. The molecule has 2 aromatic carbocycles. The van der Waals surface area contributed by atoms with Gasteiger partial charge in [0.2, 0.25) is 0 Å². The van der Waals surface area contributed by atoms with Gasteiger partial charge in [0.05, 0.1) is 0 Å². The molecule has 0 bridgehead atoms. The van der Waals surface area contributed by atoms with Gasteiger partial charge in [-0.1, -0.05) is 12.1 Å². The van der Waals surface area contributed by atoms with Crippen molar-refractivity contribution in [3.05, 3.63) is 71.0 Å². The maximum atomic E-state index is 13.0. The molecule has 0 aliphatic carbocycles. The average molecular weight is 370 g/mol. The predicted octanol–water partition coefficient (Wildman–Crippen LogP) is 4.05. The zero-order valence-electron chi connectivity index (χ0n) is 13.9. The van der Waals surface area contributed by atoms with Crippen LogP contribution in [0.25, 0.3) is 10.6 Å². The van der Waals surface area contributed by atoms with Crippen molar-refractivity contribution < 1.29 is 18.7 Å². The highest BCUT2D eigenvalue weighted by Crippen LogP contribution is 2.24. The Bertz CT molecular complexity index is 938. The Morgan fingerprint density at radius 1 is 1.19 bits per heavy atom. The van der Waals surface area contributed by atoms with Gasteiger partial charge in [-0.05, 0) is 48.9 Å². The van der Waals surface area contributed by atoms with Crippen molar-refractivity contribution in [1.82, 2.24) is 4.98 Å². The summed E-state index contributed by atoms with van der Waals surface area (Å²) in [4.78, 5) is 28.1. The number of benzene rings is 2. The molecular formula is C19H15FN2O3S. The van der Waals surface area contributed by atoms with E-state index in [0.717, 1.165) is 5.56 Å². The highest BCUT2D eigenvalue weighted by Gasteiger charge is 2.15. The van der Waals surface area contributed by atoms with E-state index in [9.17, 15) is 14.0 Å². The Kier molecular flexibility index (Phi) is 5.38. The Morgan fingerprint density at radius 2 is 1.96 bits per heavy atom. The Hall–Kier alpha value is -3.06. The van der Waals surface area contributed by atoms with Crippen molar-refractivity contribution in [2.24, 2.45) is 0 Å². The third kappa shape index (κ3) is 4.52. The summed E-state index contributed by atoms with van der Waals surface area (Å²) in [6.45, 7) is 1.51. The van der Waals surface area contributed by atoms with Gasteiger partial charge in [-0.25, -0.2) is 14.2 Å². The summed E-state index contributed by atoms with van der Waals surface area (Å²) in [5.41, 5.74) is 2.46. The van der Waals surface area contributed by atoms with Crippen LogP contribution in [0.1, 0.15) is 16.1 Å². The molecule has 1 amide bonds. The fourth-order valence-corrected chi connectivity index (χ4v) is 3.01. The quantitative estimate of drug-likeness (QED) is 0.688. The van der Waals surface area contributed by atoms with Gasteiger partial charge in [0.25, 0.3) is 5.91 Å². The molecule has 0 unspecified atom stereocenters. The molecule has 0 atom stereocenters. The van der Waals surface area contributed by atoms with Crippen LogP contribution in [0.3, 0.4) is 0 Å². The summed E-state index contributed by atoms with van der Waals surface area (Å²) in [5, 5.41) is 4.77. The number of carbonyl (C=O) groups excluding carboxylic acids is 2. The van der Waals surface area contributed by atoms with Crippen LogP contribution in [0.5, 0.6) is 0 Å². The van der Waals surface area contributed by atoms with Crippen LogP contribution in [-0.4, -0.2) is 23.5 Å². The zero-order chi connectivity index (χ0) is 18.5. The van der Waals surface area contributed by atoms with E-state index in [0.29, 0.717) is 16.3 Å². The number of aryl methyl sites for hydroxylation is 1. The fourth-order valence-electron chi connectivity index (χ4n) is 2.22. The number of aromatic nitrogens is 1. The first-order valence-electron chi connectivity index (χ1n) is 7.76. The molecule has 0 radical (unpaired) electrons. The lowest BCUT2D eigenvalue weighted by atomic mass is 10.2. The monoisotopic (exact) mass is 370 g/mol. The van der Waals surface area contributed by atoms with E-state index in [1.165, 1.54) is 23.5 Å². The van der Waals surface area contributed by atoms with Gasteiger partial charge in [-0.15, -0.1) is 11.3 Å². The van der Waals surface area contributed by atoms with Gasteiger partial charge in [0, 0.05) is 16.6 Å². The van der Waals surface area contributed by atoms with Gasteiger partial charge in [0.1, 0.15) is 10.8 Å². The van der Waals surface area contributed by atoms with Crippen LogP contribution in [0.2, 0.25) is 0 Å². The topological polar surface area (TPSA) is 68.3 Å². The molecule has 1 aromatic heterocycles. The number of amides is 1. The number of carbonyl (C=O) groups is 2. The number of esters is 1. The summed E-state index contributed by atoms with van der Waals surface area (Å²) in [7, 11) is 0. The van der Waals surface area contributed by atoms with E-state index in [-0.39, 0.29) is 11.5 Å². The normalized spacial score (nSPS) is 10.4. The molecule has 3 aromatic rings.